The minimum Gasteiger partial charge on any atom is -0.480 e. The lowest BCUT2D eigenvalue weighted by Gasteiger charge is -2.32. The van der Waals surface area contributed by atoms with Gasteiger partial charge in [0.15, 0.2) is 0 Å². The number of carbonyl (C=O) groups is 3. The summed E-state index contributed by atoms with van der Waals surface area (Å²) in [5.74, 6) is -1.06. The van der Waals surface area contributed by atoms with E-state index in [0.29, 0.717) is 19.0 Å². The fourth-order valence-electron chi connectivity index (χ4n) is 2.62. The molecule has 7 heteroatoms. The van der Waals surface area contributed by atoms with Crippen LogP contribution >= 0.6 is 0 Å². The number of primary amides is 1. The Morgan fingerprint density at radius 3 is 2.43 bits per heavy atom. The van der Waals surface area contributed by atoms with Crippen molar-refractivity contribution in [1.29, 1.82) is 0 Å². The molecule has 0 aromatic rings. The molecular weight excluding hydrogens is 274 g/mol. The van der Waals surface area contributed by atoms with Crippen molar-refractivity contribution in [1.82, 2.24) is 10.2 Å². The third-order valence-electron chi connectivity index (χ3n) is 3.87. The van der Waals surface area contributed by atoms with E-state index in [2.05, 4.69) is 12.2 Å². The molecule has 1 heterocycles. The minimum absolute atomic E-state index is 0.0166. The predicted molar refractivity (Wildman–Crippen MR) is 77.6 cm³/mol. The van der Waals surface area contributed by atoms with Crippen molar-refractivity contribution in [2.75, 3.05) is 13.1 Å². The largest absolute Gasteiger partial charge is 0.480 e. The van der Waals surface area contributed by atoms with Crippen LogP contribution in [0.1, 0.15) is 45.4 Å². The number of carbonyl (C=O) groups excluding carboxylic acids is 2. The van der Waals surface area contributed by atoms with Gasteiger partial charge in [-0.05, 0) is 25.2 Å². The third-order valence-corrected chi connectivity index (χ3v) is 3.87. The van der Waals surface area contributed by atoms with E-state index in [9.17, 15) is 14.4 Å². The number of hydrogen-bond acceptors (Lipinski definition) is 3. The van der Waals surface area contributed by atoms with Crippen molar-refractivity contribution >= 4 is 17.9 Å². The van der Waals surface area contributed by atoms with Crippen LogP contribution in [-0.4, -0.2) is 47.0 Å². The number of rotatable bonds is 7. The molecule has 3 amide bonds. The number of hydrogen-bond donors (Lipinski definition) is 3. The van der Waals surface area contributed by atoms with Gasteiger partial charge < -0.3 is 21.1 Å². The molecule has 0 radical (unpaired) electrons. The number of nitrogens with two attached hydrogens (primary N) is 1. The molecule has 0 saturated carbocycles. The average Bonchev–Trinajstić information content (AvgIpc) is 2.43. The lowest BCUT2D eigenvalue weighted by Crippen LogP contribution is -2.50. The average molecular weight is 299 g/mol. The number of nitrogens with zero attached hydrogens (tertiary/aromatic N) is 1. The van der Waals surface area contributed by atoms with Crippen LogP contribution in [0.15, 0.2) is 0 Å². The van der Waals surface area contributed by atoms with Crippen LogP contribution in [0.25, 0.3) is 0 Å². The van der Waals surface area contributed by atoms with Crippen LogP contribution in [0.2, 0.25) is 0 Å². The maximum absolute atomic E-state index is 12.1. The molecule has 21 heavy (non-hydrogen) atoms. The first-order chi connectivity index (χ1) is 9.93. The second-order valence-corrected chi connectivity index (χ2v) is 5.56. The number of carboxylic acid groups (broad SMARTS) is 1. The molecule has 0 bridgehead atoms. The van der Waals surface area contributed by atoms with Gasteiger partial charge in [-0.15, -0.1) is 0 Å². The van der Waals surface area contributed by atoms with Crippen LogP contribution in [0.5, 0.6) is 0 Å². The van der Waals surface area contributed by atoms with Gasteiger partial charge in [0.2, 0.25) is 5.91 Å². The fraction of sp³-hybridized carbons (Fsp3) is 0.786. The van der Waals surface area contributed by atoms with Crippen molar-refractivity contribution in [3.63, 3.8) is 0 Å². The molecule has 1 aliphatic heterocycles. The standard InChI is InChI=1S/C14H25N3O4/c1-2-3-10-6-8-17(9-7-10)14(21)16-11(13(19)20)4-5-12(15)18/h10-11H,2-9H2,1H3,(H2,15,18)(H,16,21)(H,19,20)/t11-/m0/s1. The first kappa shape index (κ1) is 17.3. The van der Waals surface area contributed by atoms with E-state index < -0.39 is 17.9 Å². The SMILES string of the molecule is CCCC1CCN(C(=O)N[C@@H](CCC(N)=O)C(=O)O)CC1. The normalized spacial score (nSPS) is 17.3. The number of urea groups is 1. The number of likely N-dealkylation sites (tertiary alicyclic amines) is 1. The summed E-state index contributed by atoms with van der Waals surface area (Å²) < 4.78 is 0. The lowest BCUT2D eigenvalue weighted by molar-refractivity contribution is -0.139. The van der Waals surface area contributed by atoms with E-state index in [4.69, 9.17) is 10.8 Å². The molecule has 1 saturated heterocycles. The Morgan fingerprint density at radius 2 is 1.95 bits per heavy atom. The number of nitrogens with one attached hydrogen (secondary N) is 1. The van der Waals surface area contributed by atoms with Crippen LogP contribution in [0.3, 0.4) is 0 Å². The van der Waals surface area contributed by atoms with E-state index in [1.807, 2.05) is 0 Å². The zero-order chi connectivity index (χ0) is 15.8. The topological polar surface area (TPSA) is 113 Å². The second-order valence-electron chi connectivity index (χ2n) is 5.56. The second kappa shape index (κ2) is 8.49. The molecule has 0 spiro atoms. The monoisotopic (exact) mass is 299 g/mol. The molecule has 120 valence electrons. The van der Waals surface area contributed by atoms with Crippen molar-refractivity contribution in [2.45, 2.75) is 51.5 Å². The number of aliphatic carboxylic acids is 1. The highest BCUT2D eigenvalue weighted by molar-refractivity contribution is 5.83. The molecule has 1 fully saturated rings. The lowest BCUT2D eigenvalue weighted by atomic mass is 9.93. The minimum atomic E-state index is -1.15. The molecule has 1 rings (SSSR count). The van der Waals surface area contributed by atoms with Gasteiger partial charge in [0, 0.05) is 19.5 Å². The smallest absolute Gasteiger partial charge is 0.326 e. The van der Waals surface area contributed by atoms with E-state index >= 15 is 0 Å². The van der Waals surface area contributed by atoms with Crippen LogP contribution in [0.4, 0.5) is 4.79 Å². The summed E-state index contributed by atoms with van der Waals surface area (Å²) in [6.07, 6.45) is 4.19. The first-order valence-corrected chi connectivity index (χ1v) is 7.50. The maximum atomic E-state index is 12.1. The van der Waals surface area contributed by atoms with Crippen molar-refractivity contribution in [2.24, 2.45) is 11.7 Å². The Balaban J connectivity index is 2.43. The van der Waals surface area contributed by atoms with E-state index in [1.165, 1.54) is 6.42 Å². The van der Waals surface area contributed by atoms with Gasteiger partial charge in [-0.1, -0.05) is 19.8 Å². The van der Waals surface area contributed by atoms with Crippen molar-refractivity contribution in [3.8, 4) is 0 Å². The maximum Gasteiger partial charge on any atom is 0.326 e. The summed E-state index contributed by atoms with van der Waals surface area (Å²) >= 11 is 0. The quantitative estimate of drug-likeness (QED) is 0.649. The molecule has 7 nitrogen and oxygen atoms in total. The molecule has 0 aliphatic carbocycles. The Bertz CT molecular complexity index is 378. The highest BCUT2D eigenvalue weighted by atomic mass is 16.4. The summed E-state index contributed by atoms with van der Waals surface area (Å²) in [4.78, 5) is 35.5. The first-order valence-electron chi connectivity index (χ1n) is 7.50. The molecule has 0 aromatic carbocycles. The highest BCUT2D eigenvalue weighted by Crippen LogP contribution is 2.21. The number of piperidine rings is 1. The molecule has 0 unspecified atom stereocenters. The van der Waals surface area contributed by atoms with Crippen LogP contribution < -0.4 is 11.1 Å². The van der Waals surface area contributed by atoms with Crippen molar-refractivity contribution < 1.29 is 19.5 Å². The molecule has 4 N–H and O–H groups in total. The van der Waals surface area contributed by atoms with Gasteiger partial charge in [-0.2, -0.15) is 0 Å². The molecular formula is C14H25N3O4. The molecule has 1 atom stereocenters. The number of amides is 3. The van der Waals surface area contributed by atoms with Crippen LogP contribution in [-0.2, 0) is 9.59 Å². The third kappa shape index (κ3) is 6.01. The molecule has 1 aliphatic rings. The highest BCUT2D eigenvalue weighted by Gasteiger charge is 2.26. The molecule has 0 aromatic heterocycles. The van der Waals surface area contributed by atoms with Gasteiger partial charge in [-0.3, -0.25) is 4.79 Å². The Kier molecular flexibility index (Phi) is 6.98. The van der Waals surface area contributed by atoms with E-state index in [0.717, 1.165) is 19.3 Å². The Hall–Kier alpha value is -1.79. The summed E-state index contributed by atoms with van der Waals surface area (Å²) in [6.45, 7) is 3.45. The fourth-order valence-corrected chi connectivity index (χ4v) is 2.62. The summed E-state index contributed by atoms with van der Waals surface area (Å²) in [5.41, 5.74) is 5.00. The summed E-state index contributed by atoms with van der Waals surface area (Å²) in [5, 5.41) is 11.5. The zero-order valence-corrected chi connectivity index (χ0v) is 12.5. The van der Waals surface area contributed by atoms with Crippen molar-refractivity contribution in [3.05, 3.63) is 0 Å². The predicted octanol–water partition coefficient (Wildman–Crippen LogP) is 0.927. The van der Waals surface area contributed by atoms with Gasteiger partial charge in [0.1, 0.15) is 6.04 Å². The number of carboxylic acids is 1. The van der Waals surface area contributed by atoms with Gasteiger partial charge in [0.25, 0.3) is 0 Å². The van der Waals surface area contributed by atoms with Crippen LogP contribution in [0, 0.1) is 5.92 Å². The Labute approximate surface area is 124 Å². The van der Waals surface area contributed by atoms with Gasteiger partial charge in [0.05, 0.1) is 0 Å². The summed E-state index contributed by atoms with van der Waals surface area (Å²) in [7, 11) is 0. The zero-order valence-electron chi connectivity index (χ0n) is 12.5. The van der Waals surface area contributed by atoms with Gasteiger partial charge >= 0.3 is 12.0 Å². The van der Waals surface area contributed by atoms with E-state index in [-0.39, 0.29) is 18.9 Å². The Morgan fingerprint density at radius 1 is 1.33 bits per heavy atom. The van der Waals surface area contributed by atoms with Gasteiger partial charge in [-0.25, -0.2) is 9.59 Å². The van der Waals surface area contributed by atoms with E-state index in [1.54, 1.807) is 4.90 Å². The summed E-state index contributed by atoms with van der Waals surface area (Å²) in [6, 6.07) is -1.44.